The first-order chi connectivity index (χ1) is 19.7. The van der Waals surface area contributed by atoms with Crippen LogP contribution in [0.4, 0.5) is 4.79 Å². The maximum absolute atomic E-state index is 12.6. The van der Waals surface area contributed by atoms with E-state index in [0.717, 1.165) is 22.5 Å². The SMILES string of the molecule is CCOC(=O)N1CCOCC1CCc1nc(-c2cc(OC[C@@H](O)CNC)ccc2Cl)nc(-c2c(C)noc2C)c1C. The minimum Gasteiger partial charge on any atom is -0.491 e. The van der Waals surface area contributed by atoms with Crippen molar-refractivity contribution < 1.29 is 28.6 Å². The van der Waals surface area contributed by atoms with E-state index in [-0.39, 0.29) is 18.7 Å². The Morgan fingerprint density at radius 3 is 2.80 bits per heavy atom. The summed E-state index contributed by atoms with van der Waals surface area (Å²) in [5, 5.41) is 17.6. The van der Waals surface area contributed by atoms with E-state index in [0.29, 0.717) is 79.4 Å². The molecule has 41 heavy (non-hydrogen) atoms. The molecule has 1 amide bonds. The summed E-state index contributed by atoms with van der Waals surface area (Å²) in [6.07, 6.45) is 0.189. The largest absolute Gasteiger partial charge is 0.491 e. The number of ether oxygens (including phenoxy) is 3. The molecule has 2 N–H and O–H groups in total. The molecule has 3 aromatic rings. The van der Waals surface area contributed by atoms with Crippen molar-refractivity contribution in [2.45, 2.75) is 52.7 Å². The predicted molar refractivity (Wildman–Crippen MR) is 154 cm³/mol. The molecule has 1 aliphatic heterocycles. The van der Waals surface area contributed by atoms with E-state index >= 15 is 0 Å². The monoisotopic (exact) mass is 587 g/mol. The van der Waals surface area contributed by atoms with Crippen LogP contribution in [0, 0.1) is 20.8 Å². The van der Waals surface area contributed by atoms with Crippen molar-refractivity contribution in [2.24, 2.45) is 0 Å². The molecular formula is C29H38ClN5O6. The molecule has 0 bridgehead atoms. The molecule has 0 spiro atoms. The van der Waals surface area contributed by atoms with Crippen LogP contribution >= 0.6 is 11.6 Å². The second-order valence-corrected chi connectivity index (χ2v) is 10.4. The average molecular weight is 588 g/mol. The highest BCUT2D eigenvalue weighted by atomic mass is 35.5. The number of carbonyl (C=O) groups excluding carboxylic acids is 1. The summed E-state index contributed by atoms with van der Waals surface area (Å²) in [4.78, 5) is 24.2. The van der Waals surface area contributed by atoms with Gasteiger partial charge in [0.1, 0.15) is 24.2 Å². The number of morpholine rings is 1. The van der Waals surface area contributed by atoms with E-state index in [1.165, 1.54) is 0 Å². The van der Waals surface area contributed by atoms with Crippen LogP contribution in [0.15, 0.2) is 22.7 Å². The lowest BCUT2D eigenvalue weighted by atomic mass is 9.99. The summed E-state index contributed by atoms with van der Waals surface area (Å²) in [5.74, 6) is 1.61. The molecule has 0 aliphatic carbocycles. The van der Waals surface area contributed by atoms with Gasteiger partial charge in [0, 0.05) is 24.3 Å². The van der Waals surface area contributed by atoms with Crippen molar-refractivity contribution in [3.63, 3.8) is 0 Å². The fourth-order valence-electron chi connectivity index (χ4n) is 4.89. The highest BCUT2D eigenvalue weighted by Gasteiger charge is 2.29. The number of aryl methyl sites for hydroxylation is 3. The van der Waals surface area contributed by atoms with Crippen molar-refractivity contribution in [3.05, 3.63) is 45.9 Å². The lowest BCUT2D eigenvalue weighted by Gasteiger charge is -2.34. The number of hydrogen-bond acceptors (Lipinski definition) is 10. The zero-order valence-corrected chi connectivity index (χ0v) is 25.0. The summed E-state index contributed by atoms with van der Waals surface area (Å²) in [7, 11) is 1.77. The standard InChI is InChI=1S/C29H38ClN5O6/c1-6-39-29(37)35-11-12-38-15-20(35)7-10-25-17(2)27(26-18(3)34-41-19(26)4)33-28(32-25)23-13-22(8-9-24(23)30)40-16-21(36)14-31-5/h8-9,13,20-21,31,36H,6-7,10-12,14-16H2,1-5H3/t20?,21-/m0/s1. The van der Waals surface area contributed by atoms with Crippen molar-refractivity contribution in [1.82, 2.24) is 25.3 Å². The maximum atomic E-state index is 12.6. The number of halogens is 1. The summed E-state index contributed by atoms with van der Waals surface area (Å²) in [6.45, 7) is 9.73. The van der Waals surface area contributed by atoms with Crippen LogP contribution in [0.2, 0.25) is 5.02 Å². The molecule has 3 heterocycles. The normalized spacial score (nSPS) is 16.1. The first-order valence-corrected chi connectivity index (χ1v) is 14.2. The van der Waals surface area contributed by atoms with Gasteiger partial charge in [0.2, 0.25) is 0 Å². The fourth-order valence-corrected chi connectivity index (χ4v) is 5.09. The number of nitrogens with one attached hydrogen (secondary N) is 1. The Balaban J connectivity index is 1.70. The summed E-state index contributed by atoms with van der Waals surface area (Å²) >= 11 is 6.66. The lowest BCUT2D eigenvalue weighted by Crippen LogP contribution is -2.49. The van der Waals surface area contributed by atoms with Crippen LogP contribution in [-0.4, -0.2) is 89.9 Å². The Hall–Kier alpha value is -3.25. The van der Waals surface area contributed by atoms with Crippen LogP contribution < -0.4 is 10.1 Å². The Kier molecular flexibility index (Phi) is 10.5. The van der Waals surface area contributed by atoms with Crippen LogP contribution in [0.1, 0.15) is 36.1 Å². The molecule has 4 rings (SSSR count). The average Bonchev–Trinajstić information content (AvgIpc) is 3.29. The summed E-state index contributed by atoms with van der Waals surface area (Å²) in [5.41, 5.74) is 4.52. The Morgan fingerprint density at radius 2 is 2.10 bits per heavy atom. The van der Waals surface area contributed by atoms with Crippen molar-refractivity contribution in [3.8, 4) is 28.4 Å². The van der Waals surface area contributed by atoms with E-state index in [2.05, 4.69) is 10.5 Å². The van der Waals surface area contributed by atoms with E-state index in [1.807, 2.05) is 20.8 Å². The molecule has 11 nitrogen and oxygen atoms in total. The number of aliphatic hydroxyl groups is 1. The minimum absolute atomic E-state index is 0.118. The second-order valence-electron chi connectivity index (χ2n) is 9.99. The van der Waals surface area contributed by atoms with Gasteiger partial charge in [-0.3, -0.25) is 0 Å². The predicted octanol–water partition coefficient (Wildman–Crippen LogP) is 4.13. The molecule has 1 fully saturated rings. The van der Waals surface area contributed by atoms with Crippen LogP contribution in [0.5, 0.6) is 5.75 Å². The third-order valence-corrected chi connectivity index (χ3v) is 7.35. The van der Waals surface area contributed by atoms with E-state index in [1.54, 1.807) is 37.1 Å². The van der Waals surface area contributed by atoms with Crippen LogP contribution in [0.25, 0.3) is 22.6 Å². The van der Waals surface area contributed by atoms with Gasteiger partial charge in [0.15, 0.2) is 5.82 Å². The first-order valence-electron chi connectivity index (χ1n) is 13.8. The summed E-state index contributed by atoms with van der Waals surface area (Å²) < 4.78 is 22.3. The van der Waals surface area contributed by atoms with Crippen LogP contribution in [0.3, 0.4) is 0 Å². The highest BCUT2D eigenvalue weighted by Crippen LogP contribution is 2.35. The van der Waals surface area contributed by atoms with Crippen molar-refractivity contribution in [1.29, 1.82) is 0 Å². The number of nitrogens with zero attached hydrogens (tertiary/aromatic N) is 4. The summed E-state index contributed by atoms with van der Waals surface area (Å²) in [6, 6.07) is 5.10. The molecule has 0 radical (unpaired) electrons. The smallest absolute Gasteiger partial charge is 0.410 e. The van der Waals surface area contributed by atoms with E-state index in [9.17, 15) is 9.90 Å². The number of hydrogen-bond donors (Lipinski definition) is 2. The Bertz CT molecular complexity index is 1330. The van der Waals surface area contributed by atoms with Gasteiger partial charge in [-0.05, 0) is 71.3 Å². The molecule has 1 aromatic carbocycles. The number of benzene rings is 1. The molecule has 12 heteroatoms. The lowest BCUT2D eigenvalue weighted by molar-refractivity contribution is -0.0103. The molecule has 1 aliphatic rings. The topological polar surface area (TPSA) is 132 Å². The van der Waals surface area contributed by atoms with Gasteiger partial charge in [0.05, 0.1) is 47.8 Å². The number of carbonyl (C=O) groups is 1. The van der Waals surface area contributed by atoms with Gasteiger partial charge in [-0.1, -0.05) is 16.8 Å². The van der Waals surface area contributed by atoms with Crippen molar-refractivity contribution in [2.75, 3.05) is 46.6 Å². The Labute approximate surface area is 245 Å². The second kappa shape index (κ2) is 14.1. The Morgan fingerprint density at radius 1 is 1.29 bits per heavy atom. The van der Waals surface area contributed by atoms with Gasteiger partial charge in [-0.2, -0.15) is 0 Å². The van der Waals surface area contributed by atoms with E-state index in [4.69, 9.17) is 40.3 Å². The van der Waals surface area contributed by atoms with Gasteiger partial charge in [-0.25, -0.2) is 14.8 Å². The molecular weight excluding hydrogens is 550 g/mol. The molecule has 222 valence electrons. The van der Waals surface area contributed by atoms with Gasteiger partial charge >= 0.3 is 6.09 Å². The first kappa shape index (κ1) is 30.7. The highest BCUT2D eigenvalue weighted by molar-refractivity contribution is 6.33. The molecule has 1 unspecified atom stereocenters. The van der Waals surface area contributed by atoms with E-state index < -0.39 is 6.10 Å². The third kappa shape index (κ3) is 7.34. The number of amides is 1. The quantitative estimate of drug-likeness (QED) is 0.337. The molecule has 2 atom stereocenters. The zero-order chi connectivity index (χ0) is 29.5. The number of aromatic nitrogens is 3. The molecule has 1 saturated heterocycles. The van der Waals surface area contributed by atoms with Crippen LogP contribution in [-0.2, 0) is 15.9 Å². The molecule has 2 aromatic heterocycles. The van der Waals surface area contributed by atoms with Crippen molar-refractivity contribution >= 4 is 17.7 Å². The minimum atomic E-state index is -0.662. The van der Waals surface area contributed by atoms with Gasteiger partial charge in [0.25, 0.3) is 0 Å². The fraction of sp³-hybridized carbons (Fsp3) is 0.517. The number of aliphatic hydroxyl groups excluding tert-OH is 1. The number of likely N-dealkylation sites (N-methyl/N-ethyl adjacent to an activating group) is 1. The number of rotatable bonds is 11. The molecule has 0 saturated carbocycles. The zero-order valence-electron chi connectivity index (χ0n) is 24.2. The maximum Gasteiger partial charge on any atom is 0.410 e. The third-order valence-electron chi connectivity index (χ3n) is 7.02. The van der Waals surface area contributed by atoms with Gasteiger partial charge in [-0.15, -0.1) is 0 Å². The van der Waals surface area contributed by atoms with Gasteiger partial charge < -0.3 is 34.1 Å².